The largest absolute Gasteiger partial charge is 0.368 e. The Hall–Kier alpha value is -3.75. The van der Waals surface area contributed by atoms with Crippen LogP contribution in [0.3, 0.4) is 0 Å². The number of anilines is 3. The molecule has 1 aliphatic rings. The lowest BCUT2D eigenvalue weighted by molar-refractivity contribution is -0.117. The van der Waals surface area contributed by atoms with Gasteiger partial charge in [0, 0.05) is 55.3 Å². The van der Waals surface area contributed by atoms with E-state index in [4.69, 9.17) is 0 Å². The van der Waals surface area contributed by atoms with E-state index >= 15 is 0 Å². The van der Waals surface area contributed by atoms with Crippen LogP contribution in [0.25, 0.3) is 0 Å². The zero-order valence-electron chi connectivity index (χ0n) is 21.9. The third-order valence-corrected chi connectivity index (χ3v) is 5.96. The highest BCUT2D eigenvalue weighted by molar-refractivity contribution is 5.94. The molecule has 3 N–H and O–H groups in total. The van der Waals surface area contributed by atoms with Gasteiger partial charge in [-0.1, -0.05) is 12.1 Å². The van der Waals surface area contributed by atoms with E-state index in [0.29, 0.717) is 18.8 Å². The molecule has 0 aliphatic carbocycles. The minimum absolute atomic E-state index is 0.00117. The molecule has 0 bridgehead atoms. The molecule has 0 aromatic heterocycles. The minimum Gasteiger partial charge on any atom is -0.368 e. The Labute approximate surface area is 213 Å². The van der Waals surface area contributed by atoms with Gasteiger partial charge in [-0.05, 0) is 76.6 Å². The number of amides is 5. The summed E-state index contributed by atoms with van der Waals surface area (Å²) in [4.78, 5) is 43.1. The van der Waals surface area contributed by atoms with Crippen LogP contribution < -0.4 is 20.9 Å². The summed E-state index contributed by atoms with van der Waals surface area (Å²) in [5.41, 5.74) is 3.61. The highest BCUT2D eigenvalue weighted by Crippen LogP contribution is 2.20. The molecule has 0 unspecified atom stereocenters. The number of nitrogens with zero attached hydrogens (tertiary/aromatic N) is 3. The summed E-state index contributed by atoms with van der Waals surface area (Å²) in [6.07, 6.45) is 0. The van der Waals surface area contributed by atoms with Crippen LogP contribution in [0.5, 0.6) is 0 Å². The number of nitrogens with one attached hydrogen (secondary N) is 3. The van der Waals surface area contributed by atoms with E-state index in [1.807, 2.05) is 88.0 Å². The van der Waals surface area contributed by atoms with Crippen molar-refractivity contribution in [2.45, 2.75) is 46.7 Å². The molecule has 1 aliphatic heterocycles. The predicted molar refractivity (Wildman–Crippen MR) is 145 cm³/mol. The van der Waals surface area contributed by atoms with Crippen molar-refractivity contribution in [3.05, 3.63) is 54.1 Å². The van der Waals surface area contributed by atoms with Crippen molar-refractivity contribution >= 4 is 35.0 Å². The van der Waals surface area contributed by atoms with Gasteiger partial charge in [-0.2, -0.15) is 0 Å². The van der Waals surface area contributed by atoms with Gasteiger partial charge in [0.05, 0.1) is 0 Å². The SMILES string of the molecule is Cc1cccc(NC(=O)N2CCN(c3ccc(NC(=O)CN(C(=O)NC(C)C)C(C)C)cc3)CC2)c1. The van der Waals surface area contributed by atoms with Crippen LogP contribution in [0, 0.1) is 6.92 Å². The molecule has 1 saturated heterocycles. The van der Waals surface area contributed by atoms with Gasteiger partial charge >= 0.3 is 12.1 Å². The Kier molecular flexibility index (Phi) is 9.16. The summed E-state index contributed by atoms with van der Waals surface area (Å²) in [6.45, 7) is 12.2. The average Bonchev–Trinajstić information content (AvgIpc) is 2.82. The van der Waals surface area contributed by atoms with Gasteiger partial charge in [0.2, 0.25) is 5.91 Å². The molecule has 1 heterocycles. The molecule has 1 fully saturated rings. The van der Waals surface area contributed by atoms with E-state index in [9.17, 15) is 14.4 Å². The van der Waals surface area contributed by atoms with Crippen LogP contribution in [0.2, 0.25) is 0 Å². The second-order valence-corrected chi connectivity index (χ2v) is 9.69. The fourth-order valence-electron chi connectivity index (χ4n) is 4.02. The van der Waals surface area contributed by atoms with E-state index in [2.05, 4.69) is 20.9 Å². The van der Waals surface area contributed by atoms with E-state index in [1.54, 1.807) is 0 Å². The van der Waals surface area contributed by atoms with Crippen LogP contribution in [0.1, 0.15) is 33.3 Å². The molecule has 0 radical (unpaired) electrons. The minimum atomic E-state index is -0.253. The van der Waals surface area contributed by atoms with E-state index in [-0.39, 0.29) is 36.6 Å². The Morgan fingerprint density at radius 2 is 1.56 bits per heavy atom. The second-order valence-electron chi connectivity index (χ2n) is 9.69. The number of rotatable bonds is 7. The van der Waals surface area contributed by atoms with Gasteiger partial charge in [0.25, 0.3) is 0 Å². The Balaban J connectivity index is 1.49. The quantitative estimate of drug-likeness (QED) is 0.540. The normalized spacial score (nSPS) is 13.5. The third-order valence-electron chi connectivity index (χ3n) is 5.96. The summed E-state index contributed by atoms with van der Waals surface area (Å²) in [5, 5.41) is 8.68. The van der Waals surface area contributed by atoms with Crippen LogP contribution in [0.4, 0.5) is 26.7 Å². The van der Waals surface area contributed by atoms with Crippen molar-refractivity contribution in [1.82, 2.24) is 15.1 Å². The van der Waals surface area contributed by atoms with E-state index in [1.165, 1.54) is 4.90 Å². The first-order valence-corrected chi connectivity index (χ1v) is 12.5. The van der Waals surface area contributed by atoms with Crippen molar-refractivity contribution in [2.75, 3.05) is 48.3 Å². The molecule has 2 aromatic carbocycles. The molecule has 9 heteroatoms. The molecule has 36 heavy (non-hydrogen) atoms. The topological polar surface area (TPSA) is 97.0 Å². The molecule has 3 rings (SSSR count). The number of urea groups is 2. The Morgan fingerprint density at radius 3 is 2.14 bits per heavy atom. The zero-order valence-corrected chi connectivity index (χ0v) is 21.9. The second kappa shape index (κ2) is 12.3. The lowest BCUT2D eigenvalue weighted by Crippen LogP contribution is -2.50. The van der Waals surface area contributed by atoms with Crippen LogP contribution in [-0.4, -0.2) is 72.6 Å². The molecular weight excluding hydrogens is 456 g/mol. The molecule has 2 aromatic rings. The number of hydrogen-bond acceptors (Lipinski definition) is 4. The number of carbonyl (C=O) groups is 3. The third kappa shape index (κ3) is 7.63. The van der Waals surface area contributed by atoms with Crippen molar-refractivity contribution in [3.8, 4) is 0 Å². The Morgan fingerprint density at radius 1 is 0.889 bits per heavy atom. The number of benzene rings is 2. The smallest absolute Gasteiger partial charge is 0.321 e. The van der Waals surface area contributed by atoms with E-state index in [0.717, 1.165) is 30.0 Å². The highest BCUT2D eigenvalue weighted by Gasteiger charge is 2.22. The van der Waals surface area contributed by atoms with Crippen molar-refractivity contribution in [1.29, 1.82) is 0 Å². The Bertz CT molecular complexity index is 1050. The lowest BCUT2D eigenvalue weighted by Gasteiger charge is -2.36. The van der Waals surface area contributed by atoms with Crippen LogP contribution in [-0.2, 0) is 4.79 Å². The van der Waals surface area contributed by atoms with Gasteiger partial charge in [-0.25, -0.2) is 9.59 Å². The summed E-state index contributed by atoms with van der Waals surface area (Å²) >= 11 is 0. The van der Waals surface area contributed by atoms with Gasteiger partial charge in [0.1, 0.15) is 6.54 Å². The standard InChI is InChI=1S/C27H38N6O3/c1-19(2)28-27(36)33(20(3)4)18-25(34)29-22-9-11-24(12-10-22)31-13-15-32(16-14-31)26(35)30-23-8-6-7-21(5)17-23/h6-12,17,19-20H,13-16,18H2,1-5H3,(H,28,36)(H,29,34)(H,30,35). The van der Waals surface area contributed by atoms with Gasteiger partial charge in [-0.15, -0.1) is 0 Å². The molecule has 5 amide bonds. The molecule has 0 spiro atoms. The average molecular weight is 495 g/mol. The maximum atomic E-state index is 12.6. The first-order valence-electron chi connectivity index (χ1n) is 12.5. The van der Waals surface area contributed by atoms with Crippen LogP contribution in [0.15, 0.2) is 48.5 Å². The van der Waals surface area contributed by atoms with Crippen molar-refractivity contribution < 1.29 is 14.4 Å². The zero-order chi connectivity index (χ0) is 26.2. The predicted octanol–water partition coefficient (Wildman–Crippen LogP) is 4.12. The monoisotopic (exact) mass is 494 g/mol. The maximum absolute atomic E-state index is 12.6. The summed E-state index contributed by atoms with van der Waals surface area (Å²) in [7, 11) is 0. The van der Waals surface area contributed by atoms with E-state index < -0.39 is 0 Å². The fourth-order valence-corrected chi connectivity index (χ4v) is 4.02. The number of hydrogen-bond donors (Lipinski definition) is 3. The first kappa shape index (κ1) is 26.8. The lowest BCUT2D eigenvalue weighted by atomic mass is 10.2. The van der Waals surface area contributed by atoms with Crippen LogP contribution >= 0.6 is 0 Å². The first-order chi connectivity index (χ1) is 17.1. The number of carbonyl (C=O) groups excluding carboxylic acids is 3. The number of piperazine rings is 1. The number of aryl methyl sites for hydroxylation is 1. The summed E-state index contributed by atoms with van der Waals surface area (Å²) in [6, 6.07) is 15.0. The van der Waals surface area contributed by atoms with Crippen molar-refractivity contribution in [2.24, 2.45) is 0 Å². The molecule has 9 nitrogen and oxygen atoms in total. The van der Waals surface area contributed by atoms with Gasteiger partial charge in [0.15, 0.2) is 0 Å². The summed E-state index contributed by atoms with van der Waals surface area (Å²) < 4.78 is 0. The fraction of sp³-hybridized carbons (Fsp3) is 0.444. The maximum Gasteiger partial charge on any atom is 0.321 e. The molecule has 194 valence electrons. The molecule has 0 atom stereocenters. The van der Waals surface area contributed by atoms with Gasteiger partial charge in [-0.3, -0.25) is 4.79 Å². The van der Waals surface area contributed by atoms with Gasteiger partial charge < -0.3 is 30.7 Å². The molecule has 0 saturated carbocycles. The molecular formula is C27H38N6O3. The van der Waals surface area contributed by atoms with Crippen molar-refractivity contribution in [3.63, 3.8) is 0 Å². The summed E-state index contributed by atoms with van der Waals surface area (Å²) in [5.74, 6) is -0.247. The highest BCUT2D eigenvalue weighted by atomic mass is 16.2.